The molecule has 2 rings (SSSR count). The maximum Gasteiger partial charge on any atom is 0.410 e. The van der Waals surface area contributed by atoms with Crippen LogP contribution in [-0.4, -0.2) is 53.6 Å². The standard InChI is InChI=1S/C17H24N2O3.C2H6/c1-13-6-5-7-14(12-13)15(20)18-8-10-19(11-9-18)16(21)22-17(2,3)4;1-2/h5-7,12H,8-11H2,1-4H3;1-2H3. The Morgan fingerprint density at radius 2 is 1.54 bits per heavy atom. The van der Waals surface area contributed by atoms with E-state index in [2.05, 4.69) is 0 Å². The van der Waals surface area contributed by atoms with E-state index >= 15 is 0 Å². The second-order valence-electron chi connectivity index (χ2n) is 6.63. The van der Waals surface area contributed by atoms with Crippen LogP contribution in [0.15, 0.2) is 24.3 Å². The van der Waals surface area contributed by atoms with Gasteiger partial charge in [-0.1, -0.05) is 31.5 Å². The Morgan fingerprint density at radius 3 is 2.04 bits per heavy atom. The normalized spacial score (nSPS) is 14.6. The van der Waals surface area contributed by atoms with E-state index in [0.29, 0.717) is 31.7 Å². The average Bonchev–Trinajstić information content (AvgIpc) is 2.54. The lowest BCUT2D eigenvalue weighted by Gasteiger charge is -2.35. The molecule has 0 saturated carbocycles. The van der Waals surface area contributed by atoms with Crippen molar-refractivity contribution in [3.8, 4) is 0 Å². The van der Waals surface area contributed by atoms with Gasteiger partial charge in [0.25, 0.3) is 5.91 Å². The predicted molar refractivity (Wildman–Crippen MR) is 96.2 cm³/mol. The van der Waals surface area contributed by atoms with Crippen molar-refractivity contribution in [3.63, 3.8) is 0 Å². The SMILES string of the molecule is CC.Cc1cccc(C(=O)N2CCN(C(=O)OC(C)(C)C)CC2)c1. The van der Waals surface area contributed by atoms with Crippen LogP contribution in [0.5, 0.6) is 0 Å². The Morgan fingerprint density at radius 1 is 1.00 bits per heavy atom. The quantitative estimate of drug-likeness (QED) is 0.786. The molecule has 0 bridgehead atoms. The Hall–Kier alpha value is -2.04. The Balaban J connectivity index is 0.00000139. The molecule has 0 unspecified atom stereocenters. The molecule has 1 aliphatic rings. The van der Waals surface area contributed by atoms with E-state index < -0.39 is 5.60 Å². The molecule has 1 aromatic rings. The summed E-state index contributed by atoms with van der Waals surface area (Å²) in [5.41, 5.74) is 1.27. The molecule has 0 aromatic heterocycles. The highest BCUT2D eigenvalue weighted by atomic mass is 16.6. The molecule has 0 atom stereocenters. The first-order valence-corrected chi connectivity index (χ1v) is 8.60. The fourth-order valence-electron chi connectivity index (χ4n) is 2.38. The number of hydrogen-bond acceptors (Lipinski definition) is 3. The number of piperazine rings is 1. The first-order chi connectivity index (χ1) is 11.3. The highest BCUT2D eigenvalue weighted by Crippen LogP contribution is 2.14. The van der Waals surface area contributed by atoms with E-state index in [1.165, 1.54) is 0 Å². The maximum absolute atomic E-state index is 12.4. The number of carbonyl (C=O) groups excluding carboxylic acids is 2. The van der Waals surface area contributed by atoms with Crippen LogP contribution in [-0.2, 0) is 4.74 Å². The van der Waals surface area contributed by atoms with Gasteiger partial charge < -0.3 is 14.5 Å². The Bertz CT molecular complexity index is 556. The van der Waals surface area contributed by atoms with Gasteiger partial charge in [0, 0.05) is 31.7 Å². The molecule has 1 saturated heterocycles. The average molecular weight is 334 g/mol. The summed E-state index contributed by atoms with van der Waals surface area (Å²) in [5.74, 6) is 0.0209. The lowest BCUT2D eigenvalue weighted by atomic mass is 10.1. The molecule has 1 aliphatic heterocycles. The van der Waals surface area contributed by atoms with E-state index in [-0.39, 0.29) is 12.0 Å². The van der Waals surface area contributed by atoms with Gasteiger partial charge in [-0.25, -0.2) is 4.79 Å². The Kier molecular flexibility index (Phi) is 7.26. The minimum Gasteiger partial charge on any atom is -0.444 e. The topological polar surface area (TPSA) is 49.9 Å². The third-order valence-electron chi connectivity index (χ3n) is 3.48. The van der Waals surface area contributed by atoms with E-state index in [9.17, 15) is 9.59 Å². The minimum absolute atomic E-state index is 0.0209. The number of carbonyl (C=O) groups is 2. The molecule has 0 spiro atoms. The molecule has 0 N–H and O–H groups in total. The largest absolute Gasteiger partial charge is 0.444 e. The highest BCUT2D eigenvalue weighted by Gasteiger charge is 2.27. The van der Waals surface area contributed by atoms with Crippen LogP contribution in [0.25, 0.3) is 0 Å². The lowest BCUT2D eigenvalue weighted by molar-refractivity contribution is 0.0141. The van der Waals surface area contributed by atoms with E-state index in [0.717, 1.165) is 5.56 Å². The lowest BCUT2D eigenvalue weighted by Crippen LogP contribution is -2.51. The van der Waals surface area contributed by atoms with Crippen LogP contribution < -0.4 is 0 Å². The number of ether oxygens (including phenoxy) is 1. The van der Waals surface area contributed by atoms with Crippen molar-refractivity contribution in [3.05, 3.63) is 35.4 Å². The zero-order valence-corrected chi connectivity index (χ0v) is 15.8. The third kappa shape index (κ3) is 5.87. The van der Waals surface area contributed by atoms with Gasteiger partial charge in [-0.15, -0.1) is 0 Å². The second kappa shape index (κ2) is 8.71. The van der Waals surface area contributed by atoms with Gasteiger partial charge in [-0.3, -0.25) is 4.79 Å². The summed E-state index contributed by atoms with van der Waals surface area (Å²) >= 11 is 0. The van der Waals surface area contributed by atoms with Crippen molar-refractivity contribution in [1.29, 1.82) is 0 Å². The third-order valence-corrected chi connectivity index (χ3v) is 3.48. The molecule has 0 aliphatic carbocycles. The van der Waals surface area contributed by atoms with E-state index in [4.69, 9.17) is 4.74 Å². The van der Waals surface area contributed by atoms with Crippen LogP contribution in [0.1, 0.15) is 50.5 Å². The van der Waals surface area contributed by atoms with E-state index in [1.54, 1.807) is 9.80 Å². The Labute approximate surface area is 145 Å². The number of aryl methyl sites for hydroxylation is 1. The molecule has 1 heterocycles. The number of rotatable bonds is 1. The van der Waals surface area contributed by atoms with Crippen molar-refractivity contribution in [2.45, 2.75) is 47.1 Å². The predicted octanol–water partition coefficient (Wildman–Crippen LogP) is 3.71. The molecule has 134 valence electrons. The first-order valence-electron chi connectivity index (χ1n) is 8.60. The van der Waals surface area contributed by atoms with E-state index in [1.807, 2.05) is 65.8 Å². The molecular weight excluding hydrogens is 304 g/mol. The maximum atomic E-state index is 12.4. The summed E-state index contributed by atoms with van der Waals surface area (Å²) < 4.78 is 5.36. The summed E-state index contributed by atoms with van der Waals surface area (Å²) in [6, 6.07) is 7.58. The highest BCUT2D eigenvalue weighted by molar-refractivity contribution is 5.94. The van der Waals surface area contributed by atoms with Crippen LogP contribution >= 0.6 is 0 Å². The number of amides is 2. The van der Waals surface area contributed by atoms with Gasteiger partial charge in [-0.2, -0.15) is 0 Å². The minimum atomic E-state index is -0.494. The van der Waals surface area contributed by atoms with Crippen molar-refractivity contribution >= 4 is 12.0 Å². The smallest absolute Gasteiger partial charge is 0.410 e. The van der Waals surface area contributed by atoms with Crippen LogP contribution in [0.3, 0.4) is 0 Å². The molecule has 5 nitrogen and oxygen atoms in total. The number of benzene rings is 1. The summed E-state index contributed by atoms with van der Waals surface area (Å²) in [5, 5.41) is 0. The zero-order valence-electron chi connectivity index (χ0n) is 15.8. The van der Waals surface area contributed by atoms with Crippen molar-refractivity contribution in [1.82, 2.24) is 9.80 Å². The van der Waals surface area contributed by atoms with Gasteiger partial charge in [-0.05, 0) is 39.8 Å². The van der Waals surface area contributed by atoms with Gasteiger partial charge in [0.15, 0.2) is 0 Å². The fourth-order valence-corrected chi connectivity index (χ4v) is 2.38. The number of nitrogens with zero attached hydrogens (tertiary/aromatic N) is 2. The van der Waals surface area contributed by atoms with Crippen molar-refractivity contribution < 1.29 is 14.3 Å². The molecule has 24 heavy (non-hydrogen) atoms. The van der Waals surface area contributed by atoms with Crippen molar-refractivity contribution in [2.24, 2.45) is 0 Å². The second-order valence-corrected chi connectivity index (χ2v) is 6.63. The molecular formula is C19H30N2O3. The van der Waals surface area contributed by atoms with Gasteiger partial charge in [0.1, 0.15) is 5.60 Å². The first kappa shape index (κ1) is 20.0. The summed E-state index contributed by atoms with van der Waals surface area (Å²) in [4.78, 5) is 27.9. The molecule has 0 radical (unpaired) electrons. The van der Waals surface area contributed by atoms with Gasteiger partial charge >= 0.3 is 6.09 Å². The number of hydrogen-bond donors (Lipinski definition) is 0. The fraction of sp³-hybridized carbons (Fsp3) is 0.579. The molecule has 2 amide bonds. The molecule has 1 fully saturated rings. The summed E-state index contributed by atoms with van der Waals surface area (Å²) in [6.07, 6.45) is -0.310. The summed E-state index contributed by atoms with van der Waals surface area (Å²) in [7, 11) is 0. The monoisotopic (exact) mass is 334 g/mol. The van der Waals surface area contributed by atoms with Gasteiger partial charge in [0.2, 0.25) is 0 Å². The van der Waals surface area contributed by atoms with Crippen molar-refractivity contribution in [2.75, 3.05) is 26.2 Å². The zero-order chi connectivity index (χ0) is 18.3. The molecule has 5 heteroatoms. The van der Waals surface area contributed by atoms with Gasteiger partial charge in [0.05, 0.1) is 0 Å². The molecule has 1 aromatic carbocycles. The van der Waals surface area contributed by atoms with Crippen LogP contribution in [0, 0.1) is 6.92 Å². The summed E-state index contributed by atoms with van der Waals surface area (Å²) in [6.45, 7) is 13.6. The van der Waals surface area contributed by atoms with Crippen LogP contribution in [0.2, 0.25) is 0 Å². The van der Waals surface area contributed by atoms with Crippen LogP contribution in [0.4, 0.5) is 4.79 Å².